The monoisotopic (exact) mass is 486 g/mol. The third-order valence-corrected chi connectivity index (χ3v) is 6.38. The lowest BCUT2D eigenvalue weighted by atomic mass is 10.1. The van der Waals surface area contributed by atoms with E-state index in [-0.39, 0.29) is 11.6 Å². The molecule has 10 heteroatoms. The Kier molecular flexibility index (Phi) is 6.05. The minimum atomic E-state index is -0.431. The molecule has 1 fully saturated rings. The summed E-state index contributed by atoms with van der Waals surface area (Å²) in [5.41, 5.74) is 1.68. The molecule has 0 radical (unpaired) electrons. The third kappa shape index (κ3) is 4.14. The molecule has 1 saturated heterocycles. The summed E-state index contributed by atoms with van der Waals surface area (Å²) in [6.07, 6.45) is 1.59. The number of thioether (sulfide) groups is 1. The average Bonchev–Trinajstić information content (AvgIpc) is 3.32. The lowest BCUT2D eigenvalue weighted by Gasteiger charge is -2.15. The van der Waals surface area contributed by atoms with Crippen LogP contribution < -0.4 is 9.64 Å². The molecule has 1 aliphatic rings. The first kappa shape index (κ1) is 22.1. The number of anilines is 1. The van der Waals surface area contributed by atoms with E-state index >= 15 is 0 Å². The van der Waals surface area contributed by atoms with Crippen LogP contribution in [-0.4, -0.2) is 22.3 Å². The van der Waals surface area contributed by atoms with Crippen molar-refractivity contribution < 1.29 is 18.9 Å². The van der Waals surface area contributed by atoms with Gasteiger partial charge in [-0.05, 0) is 37.3 Å². The number of amides is 1. The van der Waals surface area contributed by atoms with E-state index < -0.39 is 4.92 Å². The van der Waals surface area contributed by atoms with Crippen LogP contribution in [0.5, 0.6) is 5.75 Å². The van der Waals surface area contributed by atoms with Gasteiger partial charge in [-0.1, -0.05) is 47.7 Å². The highest BCUT2D eigenvalue weighted by atomic mass is 35.5. The van der Waals surface area contributed by atoms with Crippen molar-refractivity contribution >= 4 is 63.3 Å². The number of ether oxygens (including phenoxy) is 1. The van der Waals surface area contributed by atoms with Crippen molar-refractivity contribution in [2.24, 2.45) is 0 Å². The lowest BCUT2D eigenvalue weighted by molar-refractivity contribution is -0.385. The Labute approximate surface area is 197 Å². The minimum Gasteiger partial charge on any atom is -0.495 e. The molecule has 2 heterocycles. The molecule has 0 saturated carbocycles. The summed E-state index contributed by atoms with van der Waals surface area (Å²) in [7, 11) is 1.51. The maximum atomic E-state index is 13.0. The number of nitro groups is 1. The number of carbonyl (C=O) groups excluding carboxylic acids is 1. The van der Waals surface area contributed by atoms with Gasteiger partial charge in [0.15, 0.2) is 4.32 Å². The van der Waals surface area contributed by atoms with Crippen LogP contribution in [0.15, 0.2) is 57.9 Å². The Morgan fingerprint density at radius 1 is 1.22 bits per heavy atom. The second kappa shape index (κ2) is 8.78. The van der Waals surface area contributed by atoms with Crippen LogP contribution in [0.4, 0.5) is 11.4 Å². The first-order valence-electron chi connectivity index (χ1n) is 9.25. The minimum absolute atomic E-state index is 0.0134. The van der Waals surface area contributed by atoms with Crippen molar-refractivity contribution in [1.29, 1.82) is 0 Å². The smallest absolute Gasteiger partial charge is 0.273 e. The number of hydrogen-bond donors (Lipinski definition) is 0. The standard InChI is InChI=1S/C22H15ClN2O5S2/c1-12-3-4-13(9-17(12)25(27)28)18-8-6-15(30-18)11-20-21(26)24(22(31)32-20)14-5-7-19(29-2)16(23)10-14/h3-11H,1-2H3/b20-11+. The number of rotatable bonds is 5. The van der Waals surface area contributed by atoms with Crippen molar-refractivity contribution in [3.05, 3.63) is 79.9 Å². The van der Waals surface area contributed by atoms with Gasteiger partial charge in [0, 0.05) is 23.3 Å². The number of thiocarbonyl (C=S) groups is 1. The molecule has 2 aromatic carbocycles. The summed E-state index contributed by atoms with van der Waals surface area (Å²) in [6.45, 7) is 1.67. The lowest BCUT2D eigenvalue weighted by Crippen LogP contribution is -2.27. The van der Waals surface area contributed by atoms with Crippen molar-refractivity contribution in [2.45, 2.75) is 6.92 Å². The molecule has 1 aliphatic heterocycles. The van der Waals surface area contributed by atoms with E-state index in [1.165, 1.54) is 18.1 Å². The highest BCUT2D eigenvalue weighted by Gasteiger charge is 2.34. The van der Waals surface area contributed by atoms with E-state index in [9.17, 15) is 14.9 Å². The Balaban J connectivity index is 1.61. The number of nitro benzene ring substituents is 1. The third-order valence-electron chi connectivity index (χ3n) is 4.78. The highest BCUT2D eigenvalue weighted by molar-refractivity contribution is 8.27. The molecule has 7 nitrogen and oxygen atoms in total. The van der Waals surface area contributed by atoms with Crippen molar-refractivity contribution in [2.75, 3.05) is 12.0 Å². The van der Waals surface area contributed by atoms with Crippen LogP contribution >= 0.6 is 35.6 Å². The first-order valence-corrected chi connectivity index (χ1v) is 10.9. The molecule has 0 aliphatic carbocycles. The second-order valence-corrected chi connectivity index (χ2v) is 8.88. The zero-order valence-electron chi connectivity index (χ0n) is 16.8. The van der Waals surface area contributed by atoms with E-state index in [0.717, 1.165) is 11.8 Å². The predicted octanol–water partition coefficient (Wildman–Crippen LogP) is 6.23. The van der Waals surface area contributed by atoms with Gasteiger partial charge in [0.2, 0.25) is 0 Å². The maximum absolute atomic E-state index is 13.0. The Bertz CT molecular complexity index is 1300. The zero-order valence-corrected chi connectivity index (χ0v) is 19.2. The fourth-order valence-corrected chi connectivity index (χ4v) is 4.69. The van der Waals surface area contributed by atoms with E-state index in [2.05, 4.69) is 0 Å². The molecule has 0 N–H and O–H groups in total. The predicted molar refractivity (Wildman–Crippen MR) is 129 cm³/mol. The fourth-order valence-electron chi connectivity index (χ4n) is 3.16. The molecule has 4 rings (SSSR count). The Morgan fingerprint density at radius 2 is 2.00 bits per heavy atom. The number of aryl methyl sites for hydroxylation is 1. The van der Waals surface area contributed by atoms with E-state index in [1.54, 1.807) is 55.5 Å². The topological polar surface area (TPSA) is 85.8 Å². The molecule has 1 aromatic heterocycles. The molecule has 3 aromatic rings. The average molecular weight is 487 g/mol. The summed E-state index contributed by atoms with van der Waals surface area (Å²) in [5, 5.41) is 11.6. The molecule has 0 bridgehead atoms. The molecule has 1 amide bonds. The van der Waals surface area contributed by atoms with Crippen LogP contribution in [0.25, 0.3) is 17.4 Å². The quantitative estimate of drug-likeness (QED) is 0.183. The molecule has 0 atom stereocenters. The summed E-state index contributed by atoms with van der Waals surface area (Å²) in [5.74, 6) is 1.08. The molecule has 162 valence electrons. The molecular formula is C22H15ClN2O5S2. The van der Waals surface area contributed by atoms with Crippen LogP contribution in [-0.2, 0) is 4.79 Å². The van der Waals surface area contributed by atoms with Gasteiger partial charge in [-0.3, -0.25) is 19.8 Å². The van der Waals surface area contributed by atoms with Gasteiger partial charge in [0.1, 0.15) is 17.3 Å². The van der Waals surface area contributed by atoms with E-state index in [0.29, 0.717) is 48.3 Å². The van der Waals surface area contributed by atoms with E-state index in [4.69, 9.17) is 33.0 Å². The fraction of sp³-hybridized carbons (Fsp3) is 0.0909. The number of halogens is 1. The number of hydrogen-bond acceptors (Lipinski definition) is 7. The van der Waals surface area contributed by atoms with Gasteiger partial charge in [-0.2, -0.15) is 0 Å². The summed E-state index contributed by atoms with van der Waals surface area (Å²) >= 11 is 12.7. The number of benzene rings is 2. The largest absolute Gasteiger partial charge is 0.495 e. The number of carbonyl (C=O) groups is 1. The van der Waals surface area contributed by atoms with Gasteiger partial charge in [0.25, 0.3) is 11.6 Å². The second-order valence-electron chi connectivity index (χ2n) is 6.80. The summed E-state index contributed by atoms with van der Waals surface area (Å²) < 4.78 is 11.3. The van der Waals surface area contributed by atoms with Crippen molar-refractivity contribution in [3.8, 4) is 17.1 Å². The SMILES string of the molecule is COc1ccc(N2C(=O)/C(=C\c3ccc(-c4ccc(C)c([N+](=O)[O-])c4)o3)SC2=S)cc1Cl. The maximum Gasteiger partial charge on any atom is 0.273 e. The van der Waals surface area contributed by atoms with Gasteiger partial charge in [-0.25, -0.2) is 0 Å². The molecule has 0 unspecified atom stereocenters. The molecular weight excluding hydrogens is 472 g/mol. The first-order chi connectivity index (χ1) is 15.3. The number of furan rings is 1. The normalized spacial score (nSPS) is 15.0. The van der Waals surface area contributed by atoms with Crippen molar-refractivity contribution in [1.82, 2.24) is 0 Å². The van der Waals surface area contributed by atoms with Crippen LogP contribution in [0.3, 0.4) is 0 Å². The Morgan fingerprint density at radius 3 is 2.69 bits per heavy atom. The molecule has 32 heavy (non-hydrogen) atoms. The Hall–Kier alpha value is -3.14. The van der Waals surface area contributed by atoms with Crippen molar-refractivity contribution in [3.63, 3.8) is 0 Å². The van der Waals surface area contributed by atoms with Crippen LogP contribution in [0.1, 0.15) is 11.3 Å². The highest BCUT2D eigenvalue weighted by Crippen LogP contribution is 2.39. The number of nitrogens with zero attached hydrogens (tertiary/aromatic N) is 2. The number of methoxy groups -OCH3 is 1. The summed E-state index contributed by atoms with van der Waals surface area (Å²) in [4.78, 5) is 25.5. The van der Waals surface area contributed by atoms with Crippen LogP contribution in [0, 0.1) is 17.0 Å². The van der Waals surface area contributed by atoms with Gasteiger partial charge < -0.3 is 9.15 Å². The van der Waals surface area contributed by atoms with Crippen LogP contribution in [0.2, 0.25) is 5.02 Å². The van der Waals surface area contributed by atoms with E-state index in [1.807, 2.05) is 0 Å². The van der Waals surface area contributed by atoms with Gasteiger partial charge >= 0.3 is 0 Å². The van der Waals surface area contributed by atoms with Gasteiger partial charge in [-0.15, -0.1) is 0 Å². The summed E-state index contributed by atoms with van der Waals surface area (Å²) in [6, 6.07) is 13.3. The molecule has 0 spiro atoms. The van der Waals surface area contributed by atoms with Gasteiger partial charge in [0.05, 0.1) is 27.6 Å². The zero-order chi connectivity index (χ0) is 23.0.